The van der Waals surface area contributed by atoms with Crippen molar-refractivity contribution in [1.82, 2.24) is 14.8 Å². The first kappa shape index (κ1) is 18.3. The number of anilines is 1. The topological polar surface area (TPSA) is 95.3 Å². The molecule has 8 nitrogen and oxygen atoms in total. The SMILES string of the molecule is CC(C)(C)OC(=O)Nc1ccc(Oc2ccnc3ncc(=O)n(F)c23)cc1. The number of hydrogen-bond acceptors (Lipinski definition) is 6. The Morgan fingerprint density at radius 3 is 2.52 bits per heavy atom. The zero-order valence-corrected chi connectivity index (χ0v) is 14.9. The van der Waals surface area contributed by atoms with E-state index in [2.05, 4.69) is 15.3 Å². The molecule has 27 heavy (non-hydrogen) atoms. The molecule has 3 aromatic rings. The summed E-state index contributed by atoms with van der Waals surface area (Å²) < 4.78 is 24.9. The molecule has 0 radical (unpaired) electrons. The third kappa shape index (κ3) is 4.38. The fourth-order valence-electron chi connectivity index (χ4n) is 2.22. The van der Waals surface area contributed by atoms with Gasteiger partial charge in [-0.15, -0.1) is 4.79 Å². The molecule has 0 saturated heterocycles. The van der Waals surface area contributed by atoms with Gasteiger partial charge in [0, 0.05) is 18.0 Å². The Bertz CT molecular complexity index is 1040. The fraction of sp³-hybridized carbons (Fsp3) is 0.222. The van der Waals surface area contributed by atoms with E-state index < -0.39 is 17.3 Å². The number of nitrogens with one attached hydrogen (secondary N) is 1. The van der Waals surface area contributed by atoms with Crippen molar-refractivity contribution in [3.8, 4) is 11.5 Å². The van der Waals surface area contributed by atoms with Crippen LogP contribution in [0.2, 0.25) is 0 Å². The molecule has 140 valence electrons. The number of carbonyl (C=O) groups is 1. The highest BCUT2D eigenvalue weighted by Gasteiger charge is 2.16. The first-order valence-electron chi connectivity index (χ1n) is 8.04. The summed E-state index contributed by atoms with van der Waals surface area (Å²) in [4.78, 5) is 30.9. The van der Waals surface area contributed by atoms with E-state index in [1.165, 1.54) is 12.3 Å². The van der Waals surface area contributed by atoms with E-state index in [0.29, 0.717) is 11.4 Å². The van der Waals surface area contributed by atoms with E-state index >= 15 is 0 Å². The number of rotatable bonds is 3. The number of ether oxygens (including phenoxy) is 2. The summed E-state index contributed by atoms with van der Waals surface area (Å²) in [5.41, 5.74) is -1.15. The van der Waals surface area contributed by atoms with Crippen molar-refractivity contribution in [3.05, 3.63) is 53.1 Å². The zero-order chi connectivity index (χ0) is 19.6. The van der Waals surface area contributed by atoms with Gasteiger partial charge in [0.05, 0.1) is 6.20 Å². The van der Waals surface area contributed by atoms with Crippen molar-refractivity contribution >= 4 is 22.9 Å². The molecule has 2 heterocycles. The number of amides is 1. The second-order valence-electron chi connectivity index (χ2n) is 6.61. The summed E-state index contributed by atoms with van der Waals surface area (Å²) in [6.45, 7) is 5.30. The molecule has 0 aliphatic heterocycles. The largest absolute Gasteiger partial charge is 0.455 e. The lowest BCUT2D eigenvalue weighted by atomic mass is 10.2. The Balaban J connectivity index is 1.80. The Kier molecular flexibility index (Phi) is 4.76. The van der Waals surface area contributed by atoms with Crippen LogP contribution in [-0.4, -0.2) is 26.5 Å². The molecule has 1 amide bonds. The summed E-state index contributed by atoms with van der Waals surface area (Å²) in [6.07, 6.45) is 1.66. The highest BCUT2D eigenvalue weighted by molar-refractivity contribution is 5.85. The van der Waals surface area contributed by atoms with E-state index in [0.717, 1.165) is 6.20 Å². The molecule has 0 aliphatic carbocycles. The third-order valence-corrected chi connectivity index (χ3v) is 3.28. The van der Waals surface area contributed by atoms with Crippen molar-refractivity contribution in [2.45, 2.75) is 26.4 Å². The Morgan fingerprint density at radius 2 is 1.85 bits per heavy atom. The maximum atomic E-state index is 14.1. The number of pyridine rings is 1. The number of fused-ring (bicyclic) bond motifs is 1. The number of carbonyl (C=O) groups excluding carboxylic acids is 1. The number of nitrogens with zero attached hydrogens (tertiary/aromatic N) is 3. The van der Waals surface area contributed by atoms with E-state index in [1.807, 2.05) is 0 Å². The number of aromatic nitrogens is 3. The standard InChI is InChI=1S/C18H17FN4O4/c1-18(2,3)27-17(25)22-11-4-6-12(7-5-11)26-13-8-9-20-16-15(13)23(19)14(24)10-21-16/h4-10H,1-3H3,(H,22,25). The van der Waals surface area contributed by atoms with Gasteiger partial charge in [-0.25, -0.2) is 14.8 Å². The van der Waals surface area contributed by atoms with Crippen LogP contribution in [0.5, 0.6) is 11.5 Å². The Labute approximate surface area is 153 Å². The van der Waals surface area contributed by atoms with E-state index in [4.69, 9.17) is 9.47 Å². The van der Waals surface area contributed by atoms with Gasteiger partial charge in [0.15, 0.2) is 16.9 Å². The van der Waals surface area contributed by atoms with Crippen molar-refractivity contribution in [2.75, 3.05) is 5.32 Å². The van der Waals surface area contributed by atoms with E-state index in [1.54, 1.807) is 45.0 Å². The summed E-state index contributed by atoms with van der Waals surface area (Å²) in [7, 11) is 0. The highest BCUT2D eigenvalue weighted by atomic mass is 19.2. The van der Waals surface area contributed by atoms with Crippen molar-refractivity contribution in [3.63, 3.8) is 0 Å². The molecule has 0 fully saturated rings. The van der Waals surface area contributed by atoms with Crippen LogP contribution in [-0.2, 0) is 4.74 Å². The van der Waals surface area contributed by atoms with Crippen LogP contribution >= 0.6 is 0 Å². The quantitative estimate of drug-likeness (QED) is 0.754. The van der Waals surface area contributed by atoms with Crippen molar-refractivity contribution in [1.29, 1.82) is 0 Å². The van der Waals surface area contributed by atoms with Gasteiger partial charge >= 0.3 is 6.09 Å². The minimum absolute atomic E-state index is 0.0396. The maximum absolute atomic E-state index is 14.1. The predicted octanol–water partition coefficient (Wildman–Crippen LogP) is 3.66. The van der Waals surface area contributed by atoms with E-state index in [9.17, 15) is 14.1 Å². The summed E-state index contributed by atoms with van der Waals surface area (Å²) in [6, 6.07) is 7.78. The van der Waals surface area contributed by atoms with Crippen molar-refractivity contribution < 1.29 is 18.7 Å². The lowest BCUT2D eigenvalue weighted by Crippen LogP contribution is -2.27. The summed E-state index contributed by atoms with van der Waals surface area (Å²) in [5.74, 6) is 0.453. The minimum atomic E-state index is -0.919. The smallest absolute Gasteiger partial charge is 0.412 e. The number of hydrogen-bond donors (Lipinski definition) is 1. The molecule has 9 heteroatoms. The average molecular weight is 372 g/mol. The molecular formula is C18H17FN4O4. The van der Waals surface area contributed by atoms with Crippen LogP contribution in [0.25, 0.3) is 11.2 Å². The number of halogens is 1. The van der Waals surface area contributed by atoms with Gasteiger partial charge in [0.25, 0.3) is 5.56 Å². The Morgan fingerprint density at radius 1 is 1.15 bits per heavy atom. The third-order valence-electron chi connectivity index (χ3n) is 3.28. The van der Waals surface area contributed by atoms with Gasteiger partial charge in [-0.3, -0.25) is 10.1 Å². The van der Waals surface area contributed by atoms with Crippen LogP contribution in [0.15, 0.2) is 47.5 Å². The normalized spacial score (nSPS) is 11.3. The zero-order valence-electron chi connectivity index (χ0n) is 14.9. The van der Waals surface area contributed by atoms with Gasteiger partial charge in [0.2, 0.25) is 0 Å². The molecule has 2 aromatic heterocycles. The van der Waals surface area contributed by atoms with Gasteiger partial charge in [-0.1, -0.05) is 4.48 Å². The molecule has 0 aliphatic rings. The van der Waals surface area contributed by atoms with E-state index in [-0.39, 0.29) is 21.7 Å². The van der Waals surface area contributed by atoms with Gasteiger partial charge in [-0.2, -0.15) is 0 Å². The van der Waals surface area contributed by atoms with Crippen molar-refractivity contribution in [2.24, 2.45) is 0 Å². The second-order valence-corrected chi connectivity index (χ2v) is 6.61. The minimum Gasteiger partial charge on any atom is -0.455 e. The first-order valence-corrected chi connectivity index (χ1v) is 8.04. The van der Waals surface area contributed by atoms with Crippen LogP contribution in [0.1, 0.15) is 20.8 Å². The van der Waals surface area contributed by atoms with Crippen LogP contribution in [0.3, 0.4) is 0 Å². The first-order chi connectivity index (χ1) is 12.7. The molecule has 0 unspecified atom stereocenters. The highest BCUT2D eigenvalue weighted by Crippen LogP contribution is 2.28. The van der Waals surface area contributed by atoms with Gasteiger partial charge in [0.1, 0.15) is 11.4 Å². The van der Waals surface area contributed by atoms with Crippen LogP contribution in [0.4, 0.5) is 15.0 Å². The number of benzene rings is 1. The molecule has 0 saturated carbocycles. The lowest BCUT2D eigenvalue weighted by molar-refractivity contribution is 0.0636. The summed E-state index contributed by atoms with van der Waals surface area (Å²) in [5, 5.41) is 2.59. The Hall–Kier alpha value is -3.49. The average Bonchev–Trinajstić information content (AvgIpc) is 2.58. The van der Waals surface area contributed by atoms with Gasteiger partial charge < -0.3 is 9.47 Å². The van der Waals surface area contributed by atoms with Gasteiger partial charge in [-0.05, 0) is 45.0 Å². The second kappa shape index (κ2) is 7.02. The molecule has 1 aromatic carbocycles. The lowest BCUT2D eigenvalue weighted by Gasteiger charge is -2.19. The molecule has 1 N–H and O–H groups in total. The molecule has 3 rings (SSSR count). The van der Waals surface area contributed by atoms with Crippen LogP contribution < -0.4 is 15.6 Å². The monoisotopic (exact) mass is 372 g/mol. The maximum Gasteiger partial charge on any atom is 0.412 e. The summed E-state index contributed by atoms with van der Waals surface area (Å²) >= 11 is 0. The molecule has 0 atom stereocenters. The molecule has 0 bridgehead atoms. The molecule has 0 spiro atoms. The molecular weight excluding hydrogens is 355 g/mol. The fourth-order valence-corrected chi connectivity index (χ4v) is 2.22. The predicted molar refractivity (Wildman–Crippen MR) is 96.7 cm³/mol. The van der Waals surface area contributed by atoms with Crippen LogP contribution in [0, 0.1) is 0 Å².